The molecule has 7 heteroatoms. The van der Waals surface area contributed by atoms with E-state index in [0.29, 0.717) is 24.9 Å². The highest BCUT2D eigenvalue weighted by molar-refractivity contribution is 5.81. The maximum absolute atomic E-state index is 12.8. The Hall–Kier alpha value is -3.87. The van der Waals surface area contributed by atoms with Gasteiger partial charge in [0.1, 0.15) is 24.7 Å². The molecule has 0 saturated heterocycles. The standard InChI is InChI=1S/C25H26N4O3/c1-2-15-31-25-19(9-8-14-26-25)16-27-24(30)17-29-22-13-7-6-12-21(22)28-23(29)18-32-20-10-4-3-5-11-20/h3-14H,2,15-18H2,1H3,(H,27,30). The minimum Gasteiger partial charge on any atom is -0.486 e. The molecule has 0 atom stereocenters. The molecule has 164 valence electrons. The van der Waals surface area contributed by atoms with Gasteiger partial charge in [0.25, 0.3) is 0 Å². The number of pyridine rings is 1. The first-order chi connectivity index (χ1) is 15.7. The number of imidazole rings is 1. The third-order valence-electron chi connectivity index (χ3n) is 4.92. The van der Waals surface area contributed by atoms with Crippen molar-refractivity contribution in [1.82, 2.24) is 19.9 Å². The number of carbonyl (C=O) groups excluding carboxylic acids is 1. The number of hydrogen-bond donors (Lipinski definition) is 1. The van der Waals surface area contributed by atoms with E-state index in [-0.39, 0.29) is 19.1 Å². The highest BCUT2D eigenvalue weighted by atomic mass is 16.5. The summed E-state index contributed by atoms with van der Waals surface area (Å²) in [6.45, 7) is 3.37. The van der Waals surface area contributed by atoms with Crippen molar-refractivity contribution in [3.05, 3.63) is 84.3 Å². The minimum absolute atomic E-state index is 0.126. The molecule has 0 aliphatic heterocycles. The summed E-state index contributed by atoms with van der Waals surface area (Å²) in [6, 6.07) is 21.1. The van der Waals surface area contributed by atoms with Crippen molar-refractivity contribution in [2.75, 3.05) is 6.61 Å². The van der Waals surface area contributed by atoms with Gasteiger partial charge in [0.15, 0.2) is 0 Å². The number of fused-ring (bicyclic) bond motifs is 1. The Balaban J connectivity index is 1.46. The Bertz CT molecular complexity index is 1170. The van der Waals surface area contributed by atoms with Crippen LogP contribution in [0.25, 0.3) is 11.0 Å². The van der Waals surface area contributed by atoms with Crippen LogP contribution >= 0.6 is 0 Å². The van der Waals surface area contributed by atoms with Crippen molar-refractivity contribution in [3.63, 3.8) is 0 Å². The number of para-hydroxylation sites is 3. The van der Waals surface area contributed by atoms with E-state index in [1.54, 1.807) is 6.20 Å². The number of benzene rings is 2. The maximum Gasteiger partial charge on any atom is 0.240 e. The van der Waals surface area contributed by atoms with Crippen molar-refractivity contribution in [2.45, 2.75) is 33.0 Å². The Kier molecular flexibility index (Phi) is 6.97. The van der Waals surface area contributed by atoms with Gasteiger partial charge in [-0.3, -0.25) is 4.79 Å². The molecule has 0 fully saturated rings. The molecule has 0 aliphatic carbocycles. The number of rotatable bonds is 10. The molecule has 7 nitrogen and oxygen atoms in total. The molecule has 0 radical (unpaired) electrons. The monoisotopic (exact) mass is 430 g/mol. The van der Waals surface area contributed by atoms with E-state index in [1.807, 2.05) is 78.2 Å². The fourth-order valence-corrected chi connectivity index (χ4v) is 3.36. The molecular formula is C25H26N4O3. The Morgan fingerprint density at radius 2 is 1.81 bits per heavy atom. The van der Waals surface area contributed by atoms with Gasteiger partial charge in [0.2, 0.25) is 11.8 Å². The summed E-state index contributed by atoms with van der Waals surface area (Å²) < 4.78 is 13.5. The molecule has 2 heterocycles. The van der Waals surface area contributed by atoms with Crippen LogP contribution in [0.2, 0.25) is 0 Å². The highest BCUT2D eigenvalue weighted by Crippen LogP contribution is 2.19. The highest BCUT2D eigenvalue weighted by Gasteiger charge is 2.15. The van der Waals surface area contributed by atoms with Gasteiger partial charge in [0, 0.05) is 18.3 Å². The first-order valence-corrected chi connectivity index (χ1v) is 10.7. The molecule has 2 aromatic heterocycles. The van der Waals surface area contributed by atoms with Crippen LogP contribution in [0, 0.1) is 0 Å². The Morgan fingerprint density at radius 1 is 1.00 bits per heavy atom. The first-order valence-electron chi connectivity index (χ1n) is 10.7. The van der Waals surface area contributed by atoms with Gasteiger partial charge in [0.05, 0.1) is 17.6 Å². The summed E-state index contributed by atoms with van der Waals surface area (Å²) in [4.78, 5) is 21.8. The predicted molar refractivity (Wildman–Crippen MR) is 122 cm³/mol. The molecular weight excluding hydrogens is 404 g/mol. The van der Waals surface area contributed by atoms with Gasteiger partial charge in [-0.05, 0) is 36.8 Å². The number of carbonyl (C=O) groups is 1. The third-order valence-corrected chi connectivity index (χ3v) is 4.92. The zero-order valence-corrected chi connectivity index (χ0v) is 18.0. The van der Waals surface area contributed by atoms with Crippen LogP contribution in [0.4, 0.5) is 0 Å². The Labute approximate surface area is 187 Å². The van der Waals surface area contributed by atoms with Crippen LogP contribution in [0.1, 0.15) is 24.7 Å². The zero-order valence-electron chi connectivity index (χ0n) is 18.0. The normalized spacial score (nSPS) is 10.8. The maximum atomic E-state index is 12.8. The average Bonchev–Trinajstić information content (AvgIpc) is 3.18. The van der Waals surface area contributed by atoms with Gasteiger partial charge < -0.3 is 19.4 Å². The van der Waals surface area contributed by atoms with E-state index < -0.39 is 0 Å². The lowest BCUT2D eigenvalue weighted by Gasteiger charge is -2.12. The van der Waals surface area contributed by atoms with Gasteiger partial charge >= 0.3 is 0 Å². The van der Waals surface area contributed by atoms with Crippen molar-refractivity contribution in [1.29, 1.82) is 0 Å². The molecule has 1 amide bonds. The summed E-state index contributed by atoms with van der Waals surface area (Å²) >= 11 is 0. The molecule has 4 rings (SSSR count). The van der Waals surface area contributed by atoms with Gasteiger partial charge in [-0.2, -0.15) is 0 Å². The van der Waals surface area contributed by atoms with Gasteiger partial charge in [-0.15, -0.1) is 0 Å². The molecule has 4 aromatic rings. The molecule has 0 aliphatic rings. The molecule has 2 aromatic carbocycles. The van der Waals surface area contributed by atoms with Crippen LogP contribution < -0.4 is 14.8 Å². The molecule has 32 heavy (non-hydrogen) atoms. The molecule has 0 bridgehead atoms. The van der Waals surface area contributed by atoms with Crippen LogP contribution in [-0.4, -0.2) is 27.0 Å². The smallest absolute Gasteiger partial charge is 0.240 e. The van der Waals surface area contributed by atoms with Gasteiger partial charge in [-0.1, -0.05) is 43.3 Å². The summed E-state index contributed by atoms with van der Waals surface area (Å²) in [7, 11) is 0. The van der Waals surface area contributed by atoms with E-state index in [4.69, 9.17) is 9.47 Å². The van der Waals surface area contributed by atoms with Crippen molar-refractivity contribution < 1.29 is 14.3 Å². The fourth-order valence-electron chi connectivity index (χ4n) is 3.36. The number of nitrogens with one attached hydrogen (secondary N) is 1. The Morgan fingerprint density at radius 3 is 2.66 bits per heavy atom. The van der Waals surface area contributed by atoms with Crippen molar-refractivity contribution >= 4 is 16.9 Å². The second-order valence-corrected chi connectivity index (χ2v) is 7.30. The molecule has 0 unspecified atom stereocenters. The van der Waals surface area contributed by atoms with Crippen LogP contribution in [-0.2, 0) is 24.5 Å². The number of hydrogen-bond acceptors (Lipinski definition) is 5. The van der Waals surface area contributed by atoms with Crippen molar-refractivity contribution in [2.24, 2.45) is 0 Å². The number of nitrogens with zero attached hydrogens (tertiary/aromatic N) is 3. The topological polar surface area (TPSA) is 78.3 Å². The second kappa shape index (κ2) is 10.4. The van der Waals surface area contributed by atoms with Crippen molar-refractivity contribution in [3.8, 4) is 11.6 Å². The summed E-state index contributed by atoms with van der Waals surface area (Å²) in [5.41, 5.74) is 2.56. The minimum atomic E-state index is -0.126. The number of amides is 1. The fraction of sp³-hybridized carbons (Fsp3) is 0.240. The predicted octanol–water partition coefficient (Wildman–Crippen LogP) is 4.12. The SMILES string of the molecule is CCCOc1ncccc1CNC(=O)Cn1c(COc2ccccc2)nc2ccccc21. The summed E-state index contributed by atoms with van der Waals surface area (Å²) in [6.07, 6.45) is 2.58. The van der Waals surface area contributed by atoms with E-state index in [1.165, 1.54) is 0 Å². The largest absolute Gasteiger partial charge is 0.486 e. The van der Waals surface area contributed by atoms with Crippen LogP contribution in [0.5, 0.6) is 11.6 Å². The average molecular weight is 431 g/mol. The number of aromatic nitrogens is 3. The first kappa shape index (κ1) is 21.4. The molecule has 0 spiro atoms. The van der Waals surface area contributed by atoms with E-state index >= 15 is 0 Å². The number of ether oxygens (including phenoxy) is 2. The lowest BCUT2D eigenvalue weighted by Crippen LogP contribution is -2.28. The summed E-state index contributed by atoms with van der Waals surface area (Å²) in [5.74, 6) is 1.88. The molecule has 0 saturated carbocycles. The molecule has 1 N–H and O–H groups in total. The zero-order chi connectivity index (χ0) is 22.2. The van der Waals surface area contributed by atoms with E-state index in [0.717, 1.165) is 28.8 Å². The van der Waals surface area contributed by atoms with E-state index in [9.17, 15) is 4.79 Å². The van der Waals surface area contributed by atoms with E-state index in [2.05, 4.69) is 15.3 Å². The second-order valence-electron chi connectivity index (χ2n) is 7.30. The van der Waals surface area contributed by atoms with Gasteiger partial charge in [-0.25, -0.2) is 9.97 Å². The quantitative estimate of drug-likeness (QED) is 0.410. The lowest BCUT2D eigenvalue weighted by molar-refractivity contribution is -0.121. The third kappa shape index (κ3) is 5.24. The van der Waals surface area contributed by atoms with Crippen LogP contribution in [0.3, 0.4) is 0 Å². The summed E-state index contributed by atoms with van der Waals surface area (Å²) in [5, 5.41) is 2.97. The lowest BCUT2D eigenvalue weighted by atomic mass is 10.2. The van der Waals surface area contributed by atoms with Crippen LogP contribution in [0.15, 0.2) is 72.9 Å².